The fourth-order valence-corrected chi connectivity index (χ4v) is 3.12. The lowest BCUT2D eigenvalue weighted by atomic mass is 10.1. The predicted molar refractivity (Wildman–Crippen MR) is 110 cm³/mol. The zero-order valence-corrected chi connectivity index (χ0v) is 16.9. The molecule has 0 saturated carbocycles. The first kappa shape index (κ1) is 22.5. The molecule has 0 spiro atoms. The Labute approximate surface area is 177 Å². The standard InChI is InChI=1S/C22H22F3N3O3/c1-31-11-3-6-19(29)16-8-10-28-18(14-26-20(28)13-16)15-4-2-5-17(12-15)27-21(30)7-9-22(23,24)25/h2,4-5,8,10,12-14H,3,6-7,9,11H2,1H3,(H,27,30). The maximum atomic E-state index is 12.3. The third-order valence-electron chi connectivity index (χ3n) is 4.67. The van der Waals surface area contributed by atoms with E-state index < -0.39 is 24.9 Å². The van der Waals surface area contributed by atoms with Crippen LogP contribution in [0.5, 0.6) is 0 Å². The van der Waals surface area contributed by atoms with Crippen LogP contribution in [0.3, 0.4) is 0 Å². The van der Waals surface area contributed by atoms with Gasteiger partial charge in [-0.1, -0.05) is 12.1 Å². The van der Waals surface area contributed by atoms with Gasteiger partial charge in [-0.2, -0.15) is 13.2 Å². The molecule has 31 heavy (non-hydrogen) atoms. The van der Waals surface area contributed by atoms with Gasteiger partial charge >= 0.3 is 6.18 Å². The minimum atomic E-state index is -4.38. The topological polar surface area (TPSA) is 72.7 Å². The third-order valence-corrected chi connectivity index (χ3v) is 4.67. The molecule has 1 aromatic carbocycles. The van der Waals surface area contributed by atoms with Crippen LogP contribution in [0.25, 0.3) is 16.9 Å². The molecule has 0 aliphatic heterocycles. The van der Waals surface area contributed by atoms with Gasteiger partial charge in [0.05, 0.1) is 18.3 Å². The second-order valence-electron chi connectivity index (χ2n) is 7.05. The highest BCUT2D eigenvalue weighted by Gasteiger charge is 2.27. The van der Waals surface area contributed by atoms with E-state index in [2.05, 4.69) is 10.3 Å². The lowest BCUT2D eigenvalue weighted by Gasteiger charge is -2.09. The van der Waals surface area contributed by atoms with Gasteiger partial charge in [-0.3, -0.25) is 14.0 Å². The first-order valence-corrected chi connectivity index (χ1v) is 9.73. The Hall–Kier alpha value is -3.20. The number of ketones is 1. The van der Waals surface area contributed by atoms with Crippen molar-refractivity contribution < 1.29 is 27.5 Å². The average Bonchev–Trinajstić information content (AvgIpc) is 3.15. The molecule has 0 fully saturated rings. The van der Waals surface area contributed by atoms with Gasteiger partial charge in [0.1, 0.15) is 5.65 Å². The largest absolute Gasteiger partial charge is 0.389 e. The normalized spacial score (nSPS) is 11.6. The summed E-state index contributed by atoms with van der Waals surface area (Å²) >= 11 is 0. The van der Waals surface area contributed by atoms with Crippen molar-refractivity contribution >= 4 is 23.0 Å². The van der Waals surface area contributed by atoms with Crippen molar-refractivity contribution in [3.05, 3.63) is 54.4 Å². The summed E-state index contributed by atoms with van der Waals surface area (Å²) < 4.78 is 43.6. The fourth-order valence-electron chi connectivity index (χ4n) is 3.12. The molecule has 2 aromatic heterocycles. The number of rotatable bonds is 9. The maximum absolute atomic E-state index is 12.3. The fraction of sp³-hybridized carbons (Fsp3) is 0.318. The molecular weight excluding hydrogens is 411 g/mol. The average molecular weight is 433 g/mol. The highest BCUT2D eigenvalue weighted by Crippen LogP contribution is 2.25. The summed E-state index contributed by atoms with van der Waals surface area (Å²) in [6.45, 7) is 0.518. The van der Waals surface area contributed by atoms with Crippen LogP contribution in [-0.4, -0.2) is 41.0 Å². The number of halogens is 3. The number of nitrogens with one attached hydrogen (secondary N) is 1. The molecule has 0 aliphatic carbocycles. The Balaban J connectivity index is 1.75. The van der Waals surface area contributed by atoms with Crippen LogP contribution in [0.4, 0.5) is 18.9 Å². The molecule has 3 aromatic rings. The number of carbonyl (C=O) groups excluding carboxylic acids is 2. The van der Waals surface area contributed by atoms with Crippen molar-refractivity contribution in [1.82, 2.24) is 9.38 Å². The van der Waals surface area contributed by atoms with Crippen molar-refractivity contribution in [3.63, 3.8) is 0 Å². The number of aromatic nitrogens is 2. The van der Waals surface area contributed by atoms with Gasteiger partial charge < -0.3 is 10.1 Å². The maximum Gasteiger partial charge on any atom is 0.389 e. The first-order chi connectivity index (χ1) is 14.8. The molecule has 1 N–H and O–H groups in total. The molecule has 9 heteroatoms. The summed E-state index contributed by atoms with van der Waals surface area (Å²) in [7, 11) is 1.59. The van der Waals surface area contributed by atoms with E-state index >= 15 is 0 Å². The van der Waals surface area contributed by atoms with Crippen molar-refractivity contribution in [2.45, 2.75) is 31.9 Å². The number of nitrogens with zero attached hydrogens (tertiary/aromatic N) is 2. The SMILES string of the molecule is COCCCC(=O)c1ccn2c(-c3cccc(NC(=O)CCC(F)(F)F)c3)cnc2c1. The number of hydrogen-bond donors (Lipinski definition) is 1. The van der Waals surface area contributed by atoms with E-state index in [0.717, 1.165) is 11.3 Å². The molecule has 0 atom stereocenters. The van der Waals surface area contributed by atoms with Gasteiger partial charge in [-0.15, -0.1) is 0 Å². The van der Waals surface area contributed by atoms with E-state index in [1.165, 1.54) is 0 Å². The number of benzene rings is 1. The molecule has 0 bridgehead atoms. The smallest absolute Gasteiger partial charge is 0.385 e. The van der Waals surface area contributed by atoms with Crippen molar-refractivity contribution in [2.75, 3.05) is 19.0 Å². The summed E-state index contributed by atoms with van der Waals surface area (Å²) in [5.41, 5.74) is 2.99. The quantitative estimate of drug-likeness (QED) is 0.385. The van der Waals surface area contributed by atoms with Crippen LogP contribution >= 0.6 is 0 Å². The van der Waals surface area contributed by atoms with Crippen LogP contribution in [-0.2, 0) is 9.53 Å². The summed E-state index contributed by atoms with van der Waals surface area (Å²) in [5, 5.41) is 2.49. The van der Waals surface area contributed by atoms with Gasteiger partial charge in [0.2, 0.25) is 5.91 Å². The summed E-state index contributed by atoms with van der Waals surface area (Å²) in [6, 6.07) is 10.2. The zero-order valence-electron chi connectivity index (χ0n) is 16.9. The Morgan fingerprint density at radius 1 is 1.16 bits per heavy atom. The Morgan fingerprint density at radius 3 is 2.71 bits per heavy atom. The third kappa shape index (κ3) is 6.14. The summed E-state index contributed by atoms with van der Waals surface area (Å²) in [6.07, 6.45) is -1.77. The molecule has 0 aliphatic rings. The number of amides is 1. The molecule has 2 heterocycles. The summed E-state index contributed by atoms with van der Waals surface area (Å²) in [5.74, 6) is -0.697. The monoisotopic (exact) mass is 433 g/mol. The number of carbonyl (C=O) groups is 2. The Bertz CT molecular complexity index is 1080. The predicted octanol–water partition coefficient (Wildman–Crippen LogP) is 4.89. The van der Waals surface area contributed by atoms with Gasteiger partial charge in [0, 0.05) is 49.6 Å². The van der Waals surface area contributed by atoms with Crippen LogP contribution < -0.4 is 5.32 Å². The van der Waals surface area contributed by atoms with Crippen LogP contribution in [0.15, 0.2) is 48.8 Å². The highest BCUT2D eigenvalue weighted by molar-refractivity contribution is 5.97. The number of anilines is 1. The van der Waals surface area contributed by atoms with Gasteiger partial charge in [-0.05, 0) is 30.7 Å². The molecule has 1 amide bonds. The Kier molecular flexibility index (Phi) is 7.06. The van der Waals surface area contributed by atoms with E-state index in [1.54, 1.807) is 60.3 Å². The number of imidazole rings is 1. The molecule has 0 saturated heterocycles. The highest BCUT2D eigenvalue weighted by atomic mass is 19.4. The van der Waals surface area contributed by atoms with E-state index in [0.29, 0.717) is 36.3 Å². The van der Waals surface area contributed by atoms with Crippen molar-refractivity contribution in [1.29, 1.82) is 0 Å². The van der Waals surface area contributed by atoms with Gasteiger partial charge in [-0.25, -0.2) is 4.98 Å². The van der Waals surface area contributed by atoms with Crippen molar-refractivity contribution in [2.24, 2.45) is 0 Å². The van der Waals surface area contributed by atoms with E-state index in [-0.39, 0.29) is 5.78 Å². The number of alkyl halides is 3. The minimum absolute atomic E-state index is 0.00710. The number of methoxy groups -OCH3 is 1. The second kappa shape index (κ2) is 9.74. The zero-order chi connectivity index (χ0) is 22.4. The lowest BCUT2D eigenvalue weighted by Crippen LogP contribution is -2.16. The van der Waals surface area contributed by atoms with Crippen LogP contribution in [0.2, 0.25) is 0 Å². The van der Waals surface area contributed by atoms with E-state index in [4.69, 9.17) is 4.74 Å². The lowest BCUT2D eigenvalue weighted by molar-refractivity contribution is -0.142. The second-order valence-corrected chi connectivity index (χ2v) is 7.05. The Morgan fingerprint density at radius 2 is 1.97 bits per heavy atom. The van der Waals surface area contributed by atoms with Gasteiger partial charge in [0.15, 0.2) is 5.78 Å². The van der Waals surface area contributed by atoms with E-state index in [1.807, 2.05) is 0 Å². The first-order valence-electron chi connectivity index (χ1n) is 9.73. The number of pyridine rings is 1. The number of hydrogen-bond acceptors (Lipinski definition) is 4. The number of ether oxygens (including phenoxy) is 1. The molecule has 3 rings (SSSR count). The van der Waals surface area contributed by atoms with E-state index in [9.17, 15) is 22.8 Å². The van der Waals surface area contributed by atoms with Crippen molar-refractivity contribution in [3.8, 4) is 11.3 Å². The molecule has 0 unspecified atom stereocenters. The van der Waals surface area contributed by atoms with Crippen LogP contribution in [0, 0.1) is 0 Å². The number of Topliss-reactive ketones (excluding diaryl/α,β-unsaturated/α-hetero) is 1. The molecule has 0 radical (unpaired) electrons. The molecular formula is C22H22F3N3O3. The van der Waals surface area contributed by atoms with Gasteiger partial charge in [0.25, 0.3) is 0 Å². The molecule has 164 valence electrons. The number of fused-ring (bicyclic) bond motifs is 1. The summed E-state index contributed by atoms with van der Waals surface area (Å²) in [4.78, 5) is 28.5. The minimum Gasteiger partial charge on any atom is -0.385 e. The molecule has 6 nitrogen and oxygen atoms in total. The van der Waals surface area contributed by atoms with Crippen LogP contribution in [0.1, 0.15) is 36.0 Å².